The summed E-state index contributed by atoms with van der Waals surface area (Å²) in [6, 6.07) is 1.54. The fraction of sp³-hybridized carbons (Fsp3) is 0.588. The molecule has 8 nitrogen and oxygen atoms in total. The zero-order valence-electron chi connectivity index (χ0n) is 14.7. The number of amides is 1. The number of carbonyl (C=O) groups excluding carboxylic acids is 1. The second-order valence-corrected chi connectivity index (χ2v) is 7.73. The van der Waals surface area contributed by atoms with Gasteiger partial charge in [-0.15, -0.1) is 11.3 Å². The van der Waals surface area contributed by atoms with Gasteiger partial charge in [0.1, 0.15) is 0 Å². The number of thiazole rings is 1. The predicted octanol–water partition coefficient (Wildman–Crippen LogP) is 1.90. The lowest BCUT2D eigenvalue weighted by atomic mass is 9.80. The number of ether oxygens (including phenoxy) is 2. The van der Waals surface area contributed by atoms with Crippen LogP contribution in [0.1, 0.15) is 23.4 Å². The monoisotopic (exact) mass is 378 g/mol. The molecule has 2 fully saturated rings. The zero-order valence-corrected chi connectivity index (χ0v) is 15.5. The van der Waals surface area contributed by atoms with Crippen molar-refractivity contribution >= 4 is 22.4 Å². The van der Waals surface area contributed by atoms with Gasteiger partial charge in [0.25, 0.3) is 11.8 Å². The van der Waals surface area contributed by atoms with E-state index in [0.29, 0.717) is 32.2 Å². The fourth-order valence-electron chi connectivity index (χ4n) is 3.77. The predicted molar refractivity (Wildman–Crippen MR) is 95.8 cm³/mol. The van der Waals surface area contributed by atoms with E-state index in [4.69, 9.17) is 14.0 Å². The Kier molecular flexibility index (Phi) is 4.82. The largest absolute Gasteiger partial charge is 0.479 e. The van der Waals surface area contributed by atoms with Gasteiger partial charge in [-0.2, -0.15) is 0 Å². The third-order valence-corrected chi connectivity index (χ3v) is 5.82. The molecular formula is C17H22N4O4S. The summed E-state index contributed by atoms with van der Waals surface area (Å²) in [4.78, 5) is 21.4. The zero-order chi connectivity index (χ0) is 18.0. The average molecular weight is 378 g/mol. The van der Waals surface area contributed by atoms with Gasteiger partial charge in [-0.25, -0.2) is 4.98 Å². The maximum absolute atomic E-state index is 12.8. The molecule has 1 spiro atoms. The second-order valence-electron chi connectivity index (χ2n) is 6.85. The molecule has 0 saturated carbocycles. The van der Waals surface area contributed by atoms with Gasteiger partial charge in [0.05, 0.1) is 26.4 Å². The number of aromatic nitrogens is 2. The quantitative estimate of drug-likeness (QED) is 0.807. The first-order valence-corrected chi connectivity index (χ1v) is 9.59. The molecule has 4 rings (SSSR count). The molecule has 26 heavy (non-hydrogen) atoms. The van der Waals surface area contributed by atoms with Gasteiger partial charge in [-0.1, -0.05) is 0 Å². The van der Waals surface area contributed by atoms with Crippen molar-refractivity contribution in [2.75, 3.05) is 51.4 Å². The fourth-order valence-corrected chi connectivity index (χ4v) is 4.44. The number of carbonyl (C=O) groups is 1. The summed E-state index contributed by atoms with van der Waals surface area (Å²) in [5, 5.41) is 6.73. The maximum Gasteiger partial charge on any atom is 0.292 e. The number of anilines is 1. The lowest BCUT2D eigenvalue weighted by Crippen LogP contribution is -2.52. The average Bonchev–Trinajstić information content (AvgIpc) is 3.32. The first-order chi connectivity index (χ1) is 12.7. The number of hydrogen-bond donors (Lipinski definition) is 0. The third-order valence-electron chi connectivity index (χ3n) is 4.99. The molecule has 1 atom stereocenters. The SMILES string of the molecule is COc1cc(C(=O)N2CCCC3(COCCN(c4nccs4)C3)C2)on1. The van der Waals surface area contributed by atoms with Crippen molar-refractivity contribution in [1.29, 1.82) is 0 Å². The van der Waals surface area contributed by atoms with Crippen molar-refractivity contribution in [1.82, 2.24) is 15.0 Å². The van der Waals surface area contributed by atoms with Crippen molar-refractivity contribution in [2.45, 2.75) is 12.8 Å². The van der Waals surface area contributed by atoms with E-state index >= 15 is 0 Å². The molecule has 0 aliphatic carbocycles. The topological polar surface area (TPSA) is 80.9 Å². The number of piperidine rings is 1. The number of methoxy groups -OCH3 is 1. The lowest BCUT2D eigenvalue weighted by molar-refractivity contribution is 0.0119. The Morgan fingerprint density at radius 3 is 3.08 bits per heavy atom. The highest BCUT2D eigenvalue weighted by molar-refractivity contribution is 7.13. The number of rotatable bonds is 3. The molecule has 1 unspecified atom stereocenters. The molecule has 0 aromatic carbocycles. The molecule has 2 aromatic rings. The molecule has 0 radical (unpaired) electrons. The molecule has 2 saturated heterocycles. The van der Waals surface area contributed by atoms with Crippen LogP contribution in [0.5, 0.6) is 5.88 Å². The van der Waals surface area contributed by atoms with Gasteiger partial charge >= 0.3 is 0 Å². The van der Waals surface area contributed by atoms with Gasteiger partial charge in [-0.05, 0) is 18.0 Å². The van der Waals surface area contributed by atoms with Crippen LogP contribution in [0.2, 0.25) is 0 Å². The summed E-state index contributed by atoms with van der Waals surface area (Å²) in [6.45, 7) is 4.33. The van der Waals surface area contributed by atoms with Crippen molar-refractivity contribution < 1.29 is 18.8 Å². The molecule has 2 aromatic heterocycles. The summed E-state index contributed by atoms with van der Waals surface area (Å²) in [5.74, 6) is 0.378. The van der Waals surface area contributed by atoms with E-state index in [1.807, 2.05) is 16.5 Å². The lowest BCUT2D eigenvalue weighted by Gasteiger charge is -2.43. The normalized spacial score (nSPS) is 23.9. The van der Waals surface area contributed by atoms with Crippen molar-refractivity contribution in [2.24, 2.45) is 5.41 Å². The van der Waals surface area contributed by atoms with E-state index in [9.17, 15) is 4.79 Å². The minimum Gasteiger partial charge on any atom is -0.479 e. The number of hydrogen-bond acceptors (Lipinski definition) is 8. The van der Waals surface area contributed by atoms with Gasteiger partial charge in [-0.3, -0.25) is 4.79 Å². The Bertz CT molecular complexity index is 750. The van der Waals surface area contributed by atoms with E-state index in [1.165, 1.54) is 13.2 Å². The molecule has 9 heteroatoms. The van der Waals surface area contributed by atoms with Crippen LogP contribution in [-0.4, -0.2) is 67.5 Å². The van der Waals surface area contributed by atoms with Crippen LogP contribution in [0, 0.1) is 5.41 Å². The van der Waals surface area contributed by atoms with Crippen LogP contribution in [0.3, 0.4) is 0 Å². The molecule has 0 N–H and O–H groups in total. The highest BCUT2D eigenvalue weighted by Gasteiger charge is 2.41. The summed E-state index contributed by atoms with van der Waals surface area (Å²) >= 11 is 1.64. The van der Waals surface area contributed by atoms with E-state index in [2.05, 4.69) is 15.0 Å². The first kappa shape index (κ1) is 17.3. The van der Waals surface area contributed by atoms with Crippen LogP contribution in [0.25, 0.3) is 0 Å². The van der Waals surface area contributed by atoms with Crippen LogP contribution < -0.4 is 9.64 Å². The summed E-state index contributed by atoms with van der Waals surface area (Å²) in [5.41, 5.74) is -0.0970. The van der Waals surface area contributed by atoms with Crippen LogP contribution in [-0.2, 0) is 4.74 Å². The van der Waals surface area contributed by atoms with Gasteiger partial charge in [0.15, 0.2) is 5.13 Å². The van der Waals surface area contributed by atoms with E-state index < -0.39 is 0 Å². The van der Waals surface area contributed by atoms with E-state index in [-0.39, 0.29) is 17.1 Å². The molecule has 140 valence electrons. The molecule has 0 bridgehead atoms. The third kappa shape index (κ3) is 3.41. The van der Waals surface area contributed by atoms with Crippen LogP contribution in [0.15, 0.2) is 22.2 Å². The van der Waals surface area contributed by atoms with Crippen LogP contribution >= 0.6 is 11.3 Å². The van der Waals surface area contributed by atoms with E-state index in [1.54, 1.807) is 11.3 Å². The molecule has 2 aliphatic rings. The van der Waals surface area contributed by atoms with Crippen molar-refractivity contribution in [3.8, 4) is 5.88 Å². The molecule has 1 amide bonds. The Hall–Kier alpha value is -2.13. The van der Waals surface area contributed by atoms with E-state index in [0.717, 1.165) is 31.1 Å². The molecular weight excluding hydrogens is 356 g/mol. The number of nitrogens with zero attached hydrogens (tertiary/aromatic N) is 4. The van der Waals surface area contributed by atoms with Crippen molar-refractivity contribution in [3.05, 3.63) is 23.4 Å². The number of likely N-dealkylation sites (tertiary alicyclic amines) is 1. The Balaban J connectivity index is 1.51. The van der Waals surface area contributed by atoms with Gasteiger partial charge in [0, 0.05) is 43.2 Å². The Labute approximate surface area is 155 Å². The maximum atomic E-state index is 12.8. The second kappa shape index (κ2) is 7.24. The molecule has 2 aliphatic heterocycles. The summed E-state index contributed by atoms with van der Waals surface area (Å²) < 4.78 is 16.1. The first-order valence-electron chi connectivity index (χ1n) is 8.71. The van der Waals surface area contributed by atoms with Gasteiger partial charge < -0.3 is 23.8 Å². The van der Waals surface area contributed by atoms with Gasteiger partial charge in [0.2, 0.25) is 5.76 Å². The molecule has 4 heterocycles. The smallest absolute Gasteiger partial charge is 0.292 e. The summed E-state index contributed by atoms with van der Waals surface area (Å²) in [6.07, 6.45) is 3.79. The summed E-state index contributed by atoms with van der Waals surface area (Å²) in [7, 11) is 1.50. The van der Waals surface area contributed by atoms with Crippen LogP contribution in [0.4, 0.5) is 5.13 Å². The Morgan fingerprint density at radius 1 is 1.38 bits per heavy atom. The Morgan fingerprint density at radius 2 is 2.31 bits per heavy atom. The minimum atomic E-state index is -0.148. The minimum absolute atomic E-state index is 0.0970. The van der Waals surface area contributed by atoms with Crippen molar-refractivity contribution in [3.63, 3.8) is 0 Å². The highest BCUT2D eigenvalue weighted by Crippen LogP contribution is 2.35. The standard InChI is InChI=1S/C17H22N4O4S/c1-23-14-9-13(25-19-14)15(22)20-5-2-3-17(10-20)11-21(6-7-24-12-17)16-18-4-8-26-16/h4,8-9H,2-3,5-7,10-12H2,1H3. The highest BCUT2D eigenvalue weighted by atomic mass is 32.1.